The molecule has 0 radical (unpaired) electrons. The highest BCUT2D eigenvalue weighted by molar-refractivity contribution is 5.35. The van der Waals surface area contributed by atoms with E-state index in [1.807, 2.05) is 34.7 Å². The van der Waals surface area contributed by atoms with Gasteiger partial charge in [0.05, 0.1) is 12.3 Å². The van der Waals surface area contributed by atoms with Crippen LogP contribution in [0.1, 0.15) is 25.2 Å². The Morgan fingerprint density at radius 2 is 1.81 bits per heavy atom. The van der Waals surface area contributed by atoms with Crippen LogP contribution in [0, 0.1) is 13.8 Å². The molecule has 0 unspecified atom stereocenters. The molecule has 8 nitrogen and oxygen atoms in total. The van der Waals surface area contributed by atoms with Gasteiger partial charge in [-0.05, 0) is 27.7 Å². The number of anilines is 1. The van der Waals surface area contributed by atoms with E-state index < -0.39 is 0 Å². The Kier molecular flexibility index (Phi) is 4.56. The Hall–Kier alpha value is -2.38. The molecule has 0 saturated carbocycles. The number of hydrogen-bond donors (Lipinski definition) is 1. The fourth-order valence-corrected chi connectivity index (χ4v) is 1.81. The normalized spacial score (nSPS) is 10.5. The van der Waals surface area contributed by atoms with Gasteiger partial charge in [-0.25, -0.2) is 0 Å². The Morgan fingerprint density at radius 1 is 1.10 bits per heavy atom. The largest absolute Gasteiger partial charge is 0.464 e. The van der Waals surface area contributed by atoms with Gasteiger partial charge >= 0.3 is 12.0 Å². The average molecular weight is 292 g/mol. The van der Waals surface area contributed by atoms with E-state index in [4.69, 9.17) is 9.47 Å². The van der Waals surface area contributed by atoms with Crippen LogP contribution in [0.3, 0.4) is 0 Å². The maximum atomic E-state index is 5.77. The molecule has 0 fully saturated rings. The van der Waals surface area contributed by atoms with Gasteiger partial charge in [0.15, 0.2) is 5.75 Å². The number of aryl methyl sites for hydroxylation is 2. The van der Waals surface area contributed by atoms with Crippen LogP contribution in [0.4, 0.5) is 5.95 Å². The number of ether oxygens (including phenoxy) is 2. The zero-order valence-corrected chi connectivity index (χ0v) is 13.0. The lowest BCUT2D eigenvalue weighted by Crippen LogP contribution is -2.07. The van der Waals surface area contributed by atoms with Crippen molar-refractivity contribution in [1.82, 2.24) is 24.7 Å². The predicted molar refractivity (Wildman–Crippen MR) is 77.9 cm³/mol. The first kappa shape index (κ1) is 15.0. The summed E-state index contributed by atoms with van der Waals surface area (Å²) < 4.78 is 12.9. The molecule has 0 aromatic carbocycles. The van der Waals surface area contributed by atoms with Crippen LogP contribution < -0.4 is 14.8 Å². The predicted octanol–water partition coefficient (Wildman–Crippen LogP) is 1.84. The van der Waals surface area contributed by atoms with E-state index in [1.54, 1.807) is 4.68 Å². The molecule has 0 spiro atoms. The minimum absolute atomic E-state index is 0.184. The average Bonchev–Trinajstić information content (AvgIpc) is 2.66. The molecule has 2 heterocycles. The molecule has 0 aliphatic heterocycles. The van der Waals surface area contributed by atoms with Crippen molar-refractivity contribution in [3.05, 3.63) is 11.4 Å². The third-order valence-corrected chi connectivity index (χ3v) is 2.84. The van der Waals surface area contributed by atoms with E-state index >= 15 is 0 Å². The van der Waals surface area contributed by atoms with E-state index in [-0.39, 0.29) is 12.0 Å². The molecule has 2 aromatic heterocycles. The van der Waals surface area contributed by atoms with Crippen molar-refractivity contribution in [3.8, 4) is 17.8 Å². The summed E-state index contributed by atoms with van der Waals surface area (Å²) in [5, 5.41) is 7.32. The quantitative estimate of drug-likeness (QED) is 0.869. The van der Waals surface area contributed by atoms with Crippen molar-refractivity contribution >= 4 is 5.95 Å². The van der Waals surface area contributed by atoms with Gasteiger partial charge in [-0.15, -0.1) is 4.98 Å². The lowest BCUT2D eigenvalue weighted by molar-refractivity contribution is 0.303. The second-order valence-corrected chi connectivity index (χ2v) is 4.41. The lowest BCUT2D eigenvalue weighted by atomic mass is 10.3. The van der Waals surface area contributed by atoms with Gasteiger partial charge in [-0.3, -0.25) is 4.68 Å². The summed E-state index contributed by atoms with van der Waals surface area (Å²) in [5.41, 5.74) is 1.68. The van der Waals surface area contributed by atoms with Crippen molar-refractivity contribution in [3.63, 3.8) is 0 Å². The first-order chi connectivity index (χ1) is 10.0. The van der Waals surface area contributed by atoms with E-state index in [0.717, 1.165) is 11.4 Å². The van der Waals surface area contributed by atoms with Crippen molar-refractivity contribution in [2.45, 2.75) is 27.7 Å². The molecule has 0 saturated heterocycles. The molecule has 1 N–H and O–H groups in total. The Bertz CT molecular complexity index is 601. The maximum absolute atomic E-state index is 5.77. The van der Waals surface area contributed by atoms with Crippen LogP contribution in [-0.2, 0) is 7.05 Å². The number of nitrogens with one attached hydrogen (secondary N) is 1. The van der Waals surface area contributed by atoms with Crippen LogP contribution in [0.15, 0.2) is 0 Å². The Labute approximate surface area is 123 Å². The van der Waals surface area contributed by atoms with E-state index in [0.29, 0.717) is 24.8 Å². The van der Waals surface area contributed by atoms with Crippen molar-refractivity contribution in [2.24, 2.45) is 7.05 Å². The number of hydrogen-bond acceptors (Lipinski definition) is 7. The van der Waals surface area contributed by atoms with E-state index in [1.165, 1.54) is 0 Å². The monoisotopic (exact) mass is 292 g/mol. The Balaban J connectivity index is 2.33. The highest BCUT2D eigenvalue weighted by Crippen LogP contribution is 2.27. The van der Waals surface area contributed by atoms with Crippen LogP contribution in [-0.4, -0.2) is 37.9 Å². The van der Waals surface area contributed by atoms with Crippen molar-refractivity contribution in [2.75, 3.05) is 18.5 Å². The number of nitrogens with zero attached hydrogens (tertiary/aromatic N) is 5. The fourth-order valence-electron chi connectivity index (χ4n) is 1.81. The van der Waals surface area contributed by atoms with Gasteiger partial charge in [0.1, 0.15) is 5.69 Å². The standard InChI is InChI=1S/C13H20N6O2/c1-6-14-11-15-12(20-7-2)17-13(16-11)21-10-8(3)18-19(5)9(10)4/h6-7H2,1-5H3,(H,14,15,16,17). The topological polar surface area (TPSA) is 87.0 Å². The highest BCUT2D eigenvalue weighted by atomic mass is 16.5. The third-order valence-electron chi connectivity index (χ3n) is 2.84. The number of aromatic nitrogens is 5. The zero-order chi connectivity index (χ0) is 15.4. The van der Waals surface area contributed by atoms with Gasteiger partial charge in [0.25, 0.3) is 0 Å². The van der Waals surface area contributed by atoms with Gasteiger partial charge in [0.2, 0.25) is 5.95 Å². The second-order valence-electron chi connectivity index (χ2n) is 4.41. The SMILES string of the molecule is CCNc1nc(OCC)nc(Oc2c(C)nn(C)c2C)n1. The molecule has 0 amide bonds. The minimum atomic E-state index is 0.184. The molecule has 21 heavy (non-hydrogen) atoms. The summed E-state index contributed by atoms with van der Waals surface area (Å²) in [4.78, 5) is 12.5. The Morgan fingerprint density at radius 3 is 2.38 bits per heavy atom. The summed E-state index contributed by atoms with van der Waals surface area (Å²) in [6.07, 6.45) is 0. The van der Waals surface area contributed by atoms with Gasteiger partial charge in [-0.1, -0.05) is 0 Å². The van der Waals surface area contributed by atoms with Crippen LogP contribution in [0.2, 0.25) is 0 Å². The summed E-state index contributed by atoms with van der Waals surface area (Å²) in [5.74, 6) is 1.07. The summed E-state index contributed by atoms with van der Waals surface area (Å²) in [6, 6.07) is 0.418. The van der Waals surface area contributed by atoms with E-state index in [2.05, 4.69) is 25.4 Å². The molecule has 2 rings (SSSR count). The van der Waals surface area contributed by atoms with Crippen LogP contribution in [0.25, 0.3) is 0 Å². The molecule has 0 atom stereocenters. The smallest absolute Gasteiger partial charge is 0.330 e. The molecule has 0 bridgehead atoms. The second kappa shape index (κ2) is 6.38. The highest BCUT2D eigenvalue weighted by Gasteiger charge is 2.15. The van der Waals surface area contributed by atoms with Crippen LogP contribution in [0.5, 0.6) is 17.8 Å². The first-order valence-electron chi connectivity index (χ1n) is 6.85. The van der Waals surface area contributed by atoms with Gasteiger partial charge in [-0.2, -0.15) is 15.1 Å². The molecule has 8 heteroatoms. The molecular formula is C13H20N6O2. The first-order valence-corrected chi connectivity index (χ1v) is 6.85. The molecular weight excluding hydrogens is 272 g/mol. The minimum Gasteiger partial charge on any atom is -0.464 e. The lowest BCUT2D eigenvalue weighted by Gasteiger charge is -2.08. The van der Waals surface area contributed by atoms with Gasteiger partial charge < -0.3 is 14.8 Å². The zero-order valence-electron chi connectivity index (χ0n) is 13.0. The summed E-state index contributed by atoms with van der Waals surface area (Å²) in [6.45, 7) is 8.79. The van der Waals surface area contributed by atoms with Gasteiger partial charge in [0, 0.05) is 13.6 Å². The van der Waals surface area contributed by atoms with E-state index in [9.17, 15) is 0 Å². The molecule has 114 valence electrons. The third kappa shape index (κ3) is 3.39. The van der Waals surface area contributed by atoms with Crippen LogP contribution >= 0.6 is 0 Å². The maximum Gasteiger partial charge on any atom is 0.330 e. The van der Waals surface area contributed by atoms with Crippen molar-refractivity contribution < 1.29 is 9.47 Å². The molecule has 0 aliphatic carbocycles. The molecule has 0 aliphatic rings. The molecule has 2 aromatic rings. The summed E-state index contributed by atoms with van der Waals surface area (Å²) in [7, 11) is 1.86. The fraction of sp³-hybridized carbons (Fsp3) is 0.538. The number of rotatable bonds is 6. The summed E-state index contributed by atoms with van der Waals surface area (Å²) >= 11 is 0. The van der Waals surface area contributed by atoms with Crippen molar-refractivity contribution in [1.29, 1.82) is 0 Å².